The number of alkyl halides is 3. The third kappa shape index (κ3) is 5.69. The van der Waals surface area contributed by atoms with Crippen molar-refractivity contribution in [3.8, 4) is 0 Å². The zero-order chi connectivity index (χ0) is 21.1. The number of amides is 1. The Morgan fingerprint density at radius 2 is 1.96 bits per heavy atom. The van der Waals surface area contributed by atoms with Crippen molar-refractivity contribution in [2.45, 2.75) is 16.0 Å². The van der Waals surface area contributed by atoms with Crippen LogP contribution in [-0.4, -0.2) is 27.0 Å². The number of carbonyl (C=O) groups excluding carboxylic acids is 1. The summed E-state index contributed by atoms with van der Waals surface area (Å²) in [6, 6.07) is 6.46. The molecule has 0 bridgehead atoms. The fraction of sp³-hybridized carbons (Fsp3) is 0.188. The Labute approximate surface area is 169 Å². The quantitative estimate of drug-likeness (QED) is 0.388. The number of nitrogens with zero attached hydrogens (tertiary/aromatic N) is 1. The number of rotatable bonds is 6. The highest BCUT2D eigenvalue weighted by atomic mass is 35.5. The number of carbonyl (C=O) groups is 1. The van der Waals surface area contributed by atoms with Gasteiger partial charge in [0.25, 0.3) is 5.69 Å². The van der Waals surface area contributed by atoms with Gasteiger partial charge in [-0.3, -0.25) is 19.1 Å². The molecule has 0 saturated heterocycles. The van der Waals surface area contributed by atoms with E-state index in [0.29, 0.717) is 6.07 Å². The van der Waals surface area contributed by atoms with E-state index in [9.17, 15) is 32.3 Å². The van der Waals surface area contributed by atoms with E-state index in [0.717, 1.165) is 30.0 Å². The van der Waals surface area contributed by atoms with Gasteiger partial charge in [0.1, 0.15) is 0 Å². The Bertz CT molecular complexity index is 954. The molecule has 2 aromatic carbocycles. The average molecular weight is 453 g/mol. The zero-order valence-electron chi connectivity index (χ0n) is 14.1. The third-order valence-corrected chi connectivity index (χ3v) is 5.70. The fourth-order valence-corrected chi connectivity index (χ4v) is 3.57. The molecule has 150 valence electrons. The molecule has 6 nitrogen and oxygen atoms in total. The molecule has 0 spiro atoms. The maximum atomic E-state index is 12.8. The van der Waals surface area contributed by atoms with E-state index < -0.39 is 33.4 Å². The molecule has 0 aliphatic heterocycles. The first-order valence-corrected chi connectivity index (χ1v) is 10.3. The molecule has 0 fully saturated rings. The van der Waals surface area contributed by atoms with Gasteiger partial charge >= 0.3 is 6.18 Å². The summed E-state index contributed by atoms with van der Waals surface area (Å²) >= 11 is 6.64. The molecule has 0 radical (unpaired) electrons. The molecule has 1 amide bonds. The van der Waals surface area contributed by atoms with Crippen LogP contribution in [0.3, 0.4) is 0 Å². The molecule has 12 heteroatoms. The number of benzene rings is 2. The highest BCUT2D eigenvalue weighted by Crippen LogP contribution is 2.34. The van der Waals surface area contributed by atoms with Crippen molar-refractivity contribution in [2.75, 3.05) is 17.3 Å². The molecule has 0 aromatic heterocycles. The van der Waals surface area contributed by atoms with Crippen LogP contribution in [0, 0.1) is 10.1 Å². The van der Waals surface area contributed by atoms with Crippen molar-refractivity contribution >= 4 is 51.4 Å². The van der Waals surface area contributed by atoms with Crippen molar-refractivity contribution in [3.63, 3.8) is 0 Å². The Morgan fingerprint density at radius 1 is 1.29 bits per heavy atom. The van der Waals surface area contributed by atoms with E-state index in [1.165, 1.54) is 18.4 Å². The second kappa shape index (κ2) is 8.93. The molecule has 0 saturated carbocycles. The maximum Gasteiger partial charge on any atom is 0.416 e. The largest absolute Gasteiger partial charge is 0.416 e. The molecule has 28 heavy (non-hydrogen) atoms. The van der Waals surface area contributed by atoms with Gasteiger partial charge in [-0.15, -0.1) is 11.8 Å². The molecule has 0 aliphatic rings. The smallest absolute Gasteiger partial charge is 0.324 e. The van der Waals surface area contributed by atoms with Crippen molar-refractivity contribution in [3.05, 3.63) is 57.1 Å². The van der Waals surface area contributed by atoms with Gasteiger partial charge in [0.15, 0.2) is 0 Å². The van der Waals surface area contributed by atoms with Crippen LogP contribution >= 0.6 is 23.4 Å². The average Bonchev–Trinajstić information content (AvgIpc) is 2.60. The first-order chi connectivity index (χ1) is 13.0. The van der Waals surface area contributed by atoms with Gasteiger partial charge in [0.05, 0.1) is 42.6 Å². The topological polar surface area (TPSA) is 89.3 Å². The van der Waals surface area contributed by atoms with Crippen molar-refractivity contribution in [1.29, 1.82) is 0 Å². The van der Waals surface area contributed by atoms with Gasteiger partial charge < -0.3 is 5.32 Å². The van der Waals surface area contributed by atoms with Gasteiger partial charge in [-0.1, -0.05) is 11.6 Å². The summed E-state index contributed by atoms with van der Waals surface area (Å²) in [5.41, 5.74) is -1.51. The van der Waals surface area contributed by atoms with Crippen LogP contribution in [0.4, 0.5) is 24.5 Å². The molecule has 0 heterocycles. The molecule has 1 atom stereocenters. The van der Waals surface area contributed by atoms with Crippen LogP contribution in [-0.2, 0) is 21.8 Å². The van der Waals surface area contributed by atoms with E-state index in [4.69, 9.17) is 11.6 Å². The number of nitro groups is 1. The third-order valence-electron chi connectivity index (χ3n) is 3.39. The van der Waals surface area contributed by atoms with Crippen molar-refractivity contribution < 1.29 is 27.1 Å². The van der Waals surface area contributed by atoms with E-state index >= 15 is 0 Å². The highest BCUT2D eigenvalue weighted by molar-refractivity contribution is 8.00. The van der Waals surface area contributed by atoms with Crippen LogP contribution in [0.25, 0.3) is 0 Å². The predicted octanol–water partition coefficient (Wildman–Crippen LogP) is 4.74. The Kier molecular flexibility index (Phi) is 7.07. The molecule has 1 N–H and O–H groups in total. The summed E-state index contributed by atoms with van der Waals surface area (Å²) in [5, 5.41) is 13.4. The number of anilines is 1. The zero-order valence-corrected chi connectivity index (χ0v) is 16.5. The lowest BCUT2D eigenvalue weighted by atomic mass is 10.2. The number of thioether (sulfide) groups is 1. The second-order valence-electron chi connectivity index (χ2n) is 5.37. The Hall–Kier alpha value is -2.11. The Balaban J connectivity index is 2.13. The minimum Gasteiger partial charge on any atom is -0.324 e. The lowest BCUT2D eigenvalue weighted by molar-refractivity contribution is -0.387. The van der Waals surface area contributed by atoms with E-state index in [1.54, 1.807) is 0 Å². The fourth-order valence-electron chi connectivity index (χ4n) is 2.07. The summed E-state index contributed by atoms with van der Waals surface area (Å²) in [6.45, 7) is 0. The van der Waals surface area contributed by atoms with Crippen LogP contribution < -0.4 is 5.32 Å². The first-order valence-electron chi connectivity index (χ1n) is 7.40. The predicted molar refractivity (Wildman–Crippen MR) is 101 cm³/mol. The molecule has 2 aromatic rings. The number of nitrogens with one attached hydrogen (secondary N) is 1. The SMILES string of the molecule is CS(=O)c1ccc(SCC(=O)Nc2cc(C(F)(F)F)ccc2Cl)c([N+](=O)[O-])c1. The Morgan fingerprint density at radius 3 is 2.54 bits per heavy atom. The monoisotopic (exact) mass is 452 g/mol. The normalized spacial score (nSPS) is 12.5. The lowest BCUT2D eigenvalue weighted by Gasteiger charge is -2.11. The summed E-state index contributed by atoms with van der Waals surface area (Å²) in [5.74, 6) is -0.995. The maximum absolute atomic E-state index is 12.8. The molecule has 0 aliphatic carbocycles. The van der Waals surface area contributed by atoms with Gasteiger partial charge in [0, 0.05) is 17.2 Å². The summed E-state index contributed by atoms with van der Waals surface area (Å²) in [7, 11) is -1.42. The molecular formula is C16H12ClF3N2O4S2. The number of hydrogen-bond acceptors (Lipinski definition) is 5. The van der Waals surface area contributed by atoms with E-state index in [-0.39, 0.29) is 31.9 Å². The summed E-state index contributed by atoms with van der Waals surface area (Å²) < 4.78 is 49.8. The van der Waals surface area contributed by atoms with E-state index in [1.807, 2.05) is 0 Å². The van der Waals surface area contributed by atoms with Crippen LogP contribution in [0.5, 0.6) is 0 Å². The number of halogens is 4. The van der Waals surface area contributed by atoms with E-state index in [2.05, 4.69) is 5.32 Å². The summed E-state index contributed by atoms with van der Waals surface area (Å²) in [4.78, 5) is 23.0. The van der Waals surface area contributed by atoms with Gasteiger partial charge in [0.2, 0.25) is 5.91 Å². The standard InChI is InChI=1S/C16H12ClF3N2O4S2/c1-28(26)10-3-5-14(13(7-10)22(24)25)27-8-15(23)21-12-6-9(16(18,19)20)2-4-11(12)17/h2-7H,8H2,1H3,(H,21,23). The summed E-state index contributed by atoms with van der Waals surface area (Å²) in [6.07, 6.45) is -3.22. The number of nitro benzene ring substituents is 1. The second-order valence-corrected chi connectivity index (χ2v) is 8.17. The highest BCUT2D eigenvalue weighted by Gasteiger charge is 2.31. The number of hydrogen-bond donors (Lipinski definition) is 1. The molecule has 2 rings (SSSR count). The van der Waals surface area contributed by atoms with Crippen molar-refractivity contribution in [2.24, 2.45) is 0 Å². The van der Waals surface area contributed by atoms with Gasteiger partial charge in [-0.25, -0.2) is 0 Å². The van der Waals surface area contributed by atoms with Crippen LogP contribution in [0.2, 0.25) is 5.02 Å². The first kappa shape index (κ1) is 22.2. The molecular weight excluding hydrogens is 441 g/mol. The van der Waals surface area contributed by atoms with Crippen LogP contribution in [0.15, 0.2) is 46.2 Å². The lowest BCUT2D eigenvalue weighted by Crippen LogP contribution is -2.15. The van der Waals surface area contributed by atoms with Gasteiger partial charge in [-0.2, -0.15) is 13.2 Å². The molecule has 1 unspecified atom stereocenters. The minimum atomic E-state index is -4.60. The minimum absolute atomic E-state index is 0.0768. The van der Waals surface area contributed by atoms with Crippen LogP contribution in [0.1, 0.15) is 5.56 Å². The van der Waals surface area contributed by atoms with Gasteiger partial charge in [-0.05, 0) is 30.3 Å². The van der Waals surface area contributed by atoms with Crippen molar-refractivity contribution in [1.82, 2.24) is 0 Å².